The molecule has 174 valence electrons. The van der Waals surface area contributed by atoms with Crippen LogP contribution in [0.3, 0.4) is 0 Å². The zero-order valence-electron chi connectivity index (χ0n) is 18.7. The number of H-pyrrole nitrogens is 3. The fourth-order valence-corrected chi connectivity index (χ4v) is 3.18. The number of benzene rings is 1. The van der Waals surface area contributed by atoms with Gasteiger partial charge in [-0.3, -0.25) is 14.6 Å². The largest absolute Gasteiger partial charge is 0.444 e. The molecule has 0 saturated carbocycles. The molecule has 0 aliphatic carbocycles. The Morgan fingerprint density at radius 1 is 1.18 bits per heavy atom. The lowest BCUT2D eigenvalue weighted by Crippen LogP contribution is -2.48. The maximum Gasteiger partial charge on any atom is 0.408 e. The fourth-order valence-electron chi connectivity index (χ4n) is 3.18. The number of rotatable bonds is 6. The molecular formula is C22H26N6O5. The standard InChI is InChI=1S/C22H26N6O5/c1-12-15(18(29)27-20(31)25-12)11-24-28-19(30)17(26-21(32)33-22(2,3)4)9-13-10-23-16-8-6-5-7-14(13)16/h5-8,10-11,17,23H,9H2,1-4H3,(H,26,32)(H,28,30)(H2,25,27,29,31). The van der Waals surface area contributed by atoms with Crippen molar-refractivity contribution in [3.05, 3.63) is 68.1 Å². The predicted octanol–water partition coefficient (Wildman–Crippen LogP) is 1.44. The number of ether oxygens (including phenoxy) is 1. The van der Waals surface area contributed by atoms with E-state index in [1.165, 1.54) is 6.92 Å². The van der Waals surface area contributed by atoms with E-state index in [1.54, 1.807) is 27.0 Å². The Kier molecular flexibility index (Phi) is 6.80. The van der Waals surface area contributed by atoms with Crippen LogP contribution in [0.5, 0.6) is 0 Å². The molecule has 2 aromatic heterocycles. The predicted molar refractivity (Wildman–Crippen MR) is 123 cm³/mol. The van der Waals surface area contributed by atoms with Gasteiger partial charge in [-0.25, -0.2) is 15.0 Å². The Labute approximate surface area is 188 Å². The van der Waals surface area contributed by atoms with E-state index in [9.17, 15) is 19.2 Å². The van der Waals surface area contributed by atoms with Crippen LogP contribution < -0.4 is 22.0 Å². The highest BCUT2D eigenvalue weighted by molar-refractivity contribution is 5.89. The quantitative estimate of drug-likeness (QED) is 0.281. The maximum atomic E-state index is 12.9. The molecule has 2 heterocycles. The smallest absolute Gasteiger partial charge is 0.408 e. The van der Waals surface area contributed by atoms with Crippen LogP contribution in [0.1, 0.15) is 37.6 Å². The van der Waals surface area contributed by atoms with E-state index >= 15 is 0 Å². The lowest BCUT2D eigenvalue weighted by atomic mass is 10.0. The number of para-hydroxylation sites is 1. The average Bonchev–Trinajstić information content (AvgIpc) is 3.11. The van der Waals surface area contributed by atoms with Gasteiger partial charge in [0.25, 0.3) is 11.5 Å². The number of aromatic nitrogens is 3. The molecule has 0 aliphatic heterocycles. The number of alkyl carbamates (subject to hydrolysis) is 1. The van der Waals surface area contributed by atoms with Gasteiger partial charge in [0, 0.05) is 29.2 Å². The molecule has 0 spiro atoms. The normalized spacial score (nSPS) is 12.6. The van der Waals surface area contributed by atoms with Crippen LogP contribution in [0.15, 0.2) is 45.2 Å². The number of nitrogens with zero attached hydrogens (tertiary/aromatic N) is 1. The number of hydrogen-bond donors (Lipinski definition) is 5. The van der Waals surface area contributed by atoms with Gasteiger partial charge in [0.15, 0.2) is 0 Å². The molecule has 1 unspecified atom stereocenters. The van der Waals surface area contributed by atoms with Crippen molar-refractivity contribution >= 4 is 29.1 Å². The molecule has 0 saturated heterocycles. The molecule has 0 radical (unpaired) electrons. The molecule has 1 atom stereocenters. The Bertz CT molecular complexity index is 1310. The monoisotopic (exact) mass is 454 g/mol. The highest BCUT2D eigenvalue weighted by Gasteiger charge is 2.25. The molecule has 11 nitrogen and oxygen atoms in total. The van der Waals surface area contributed by atoms with Gasteiger partial charge in [-0.15, -0.1) is 0 Å². The summed E-state index contributed by atoms with van der Waals surface area (Å²) in [6.07, 6.45) is 2.31. The molecule has 3 rings (SSSR count). The first-order valence-corrected chi connectivity index (χ1v) is 10.2. The molecule has 11 heteroatoms. The van der Waals surface area contributed by atoms with Crippen LogP contribution in [0.2, 0.25) is 0 Å². The Hall–Kier alpha value is -4.15. The summed E-state index contributed by atoms with van der Waals surface area (Å²) in [5, 5.41) is 7.32. The molecule has 0 bridgehead atoms. The summed E-state index contributed by atoms with van der Waals surface area (Å²) >= 11 is 0. The summed E-state index contributed by atoms with van der Waals surface area (Å²) in [4.78, 5) is 56.1. The average molecular weight is 454 g/mol. The van der Waals surface area contributed by atoms with Crippen LogP contribution in [0, 0.1) is 6.92 Å². The lowest BCUT2D eigenvalue weighted by Gasteiger charge is -2.22. The van der Waals surface area contributed by atoms with Crippen LogP contribution in [0.4, 0.5) is 4.79 Å². The van der Waals surface area contributed by atoms with Crippen LogP contribution >= 0.6 is 0 Å². The van der Waals surface area contributed by atoms with Crippen molar-refractivity contribution in [3.63, 3.8) is 0 Å². The van der Waals surface area contributed by atoms with Gasteiger partial charge in [-0.05, 0) is 39.3 Å². The Morgan fingerprint density at radius 3 is 2.61 bits per heavy atom. The van der Waals surface area contributed by atoms with Crippen molar-refractivity contribution < 1.29 is 14.3 Å². The Morgan fingerprint density at radius 2 is 1.91 bits per heavy atom. The number of nitrogens with one attached hydrogen (secondary N) is 5. The van der Waals surface area contributed by atoms with E-state index in [2.05, 4.69) is 30.8 Å². The first kappa shape index (κ1) is 23.5. The van der Waals surface area contributed by atoms with Crippen molar-refractivity contribution in [1.29, 1.82) is 0 Å². The SMILES string of the molecule is Cc1[nH]c(=O)[nH]c(=O)c1C=NNC(=O)C(Cc1c[nH]c2ccccc12)NC(=O)OC(C)(C)C. The van der Waals surface area contributed by atoms with Crippen LogP contribution in [-0.4, -0.2) is 44.8 Å². The van der Waals surface area contributed by atoms with Gasteiger partial charge in [-0.2, -0.15) is 5.10 Å². The van der Waals surface area contributed by atoms with Crippen molar-refractivity contribution in [2.75, 3.05) is 0 Å². The van der Waals surface area contributed by atoms with E-state index in [4.69, 9.17) is 4.74 Å². The number of aryl methyl sites for hydroxylation is 1. The zero-order chi connectivity index (χ0) is 24.2. The van der Waals surface area contributed by atoms with Crippen molar-refractivity contribution in [2.24, 2.45) is 5.10 Å². The minimum absolute atomic E-state index is 0.0863. The number of carbonyl (C=O) groups is 2. The second-order valence-electron chi connectivity index (χ2n) is 8.44. The van der Waals surface area contributed by atoms with Gasteiger partial charge in [0.1, 0.15) is 11.6 Å². The molecule has 2 amide bonds. The van der Waals surface area contributed by atoms with E-state index in [0.29, 0.717) is 5.69 Å². The van der Waals surface area contributed by atoms with Crippen molar-refractivity contribution in [2.45, 2.75) is 45.8 Å². The van der Waals surface area contributed by atoms with Crippen LogP contribution in [0.25, 0.3) is 10.9 Å². The van der Waals surface area contributed by atoms with E-state index in [-0.39, 0.29) is 12.0 Å². The van der Waals surface area contributed by atoms with Gasteiger partial charge in [-0.1, -0.05) is 18.2 Å². The Balaban J connectivity index is 1.80. The van der Waals surface area contributed by atoms with E-state index < -0.39 is 34.9 Å². The first-order valence-electron chi connectivity index (χ1n) is 10.2. The van der Waals surface area contributed by atoms with Crippen LogP contribution in [-0.2, 0) is 16.0 Å². The van der Waals surface area contributed by atoms with Gasteiger partial charge in [0.2, 0.25) is 0 Å². The minimum atomic E-state index is -1.01. The van der Waals surface area contributed by atoms with Gasteiger partial charge in [0.05, 0.1) is 11.8 Å². The zero-order valence-corrected chi connectivity index (χ0v) is 18.7. The van der Waals surface area contributed by atoms with Gasteiger partial charge < -0.3 is 20.0 Å². The van der Waals surface area contributed by atoms with Crippen molar-refractivity contribution in [1.82, 2.24) is 25.7 Å². The molecule has 5 N–H and O–H groups in total. The van der Waals surface area contributed by atoms with Crippen molar-refractivity contribution in [3.8, 4) is 0 Å². The topological polar surface area (TPSA) is 161 Å². The summed E-state index contributed by atoms with van der Waals surface area (Å²) < 4.78 is 5.29. The highest BCUT2D eigenvalue weighted by Crippen LogP contribution is 2.19. The fraction of sp³-hybridized carbons (Fsp3) is 0.318. The molecule has 0 aliphatic rings. The molecule has 3 aromatic rings. The summed E-state index contributed by atoms with van der Waals surface area (Å²) in [5.41, 5.74) is 2.41. The summed E-state index contributed by atoms with van der Waals surface area (Å²) in [7, 11) is 0. The second kappa shape index (κ2) is 9.55. The molecule has 33 heavy (non-hydrogen) atoms. The van der Waals surface area contributed by atoms with E-state index in [0.717, 1.165) is 22.7 Å². The first-order chi connectivity index (χ1) is 15.5. The molecule has 1 aromatic carbocycles. The highest BCUT2D eigenvalue weighted by atomic mass is 16.6. The number of carbonyl (C=O) groups excluding carboxylic acids is 2. The molecular weight excluding hydrogens is 428 g/mol. The minimum Gasteiger partial charge on any atom is -0.444 e. The summed E-state index contributed by atoms with van der Waals surface area (Å²) in [5.74, 6) is -0.610. The summed E-state index contributed by atoms with van der Waals surface area (Å²) in [6, 6.07) is 6.58. The number of hydrogen-bond acceptors (Lipinski definition) is 6. The lowest BCUT2D eigenvalue weighted by molar-refractivity contribution is -0.123. The van der Waals surface area contributed by atoms with E-state index in [1.807, 2.05) is 24.3 Å². The molecule has 0 fully saturated rings. The number of amides is 2. The third-order valence-electron chi connectivity index (χ3n) is 4.65. The maximum absolute atomic E-state index is 12.9. The third-order valence-corrected chi connectivity index (χ3v) is 4.65. The third kappa shape index (κ3) is 6.19. The number of hydrazone groups is 1. The number of aromatic amines is 3. The second-order valence-corrected chi connectivity index (χ2v) is 8.44. The number of fused-ring (bicyclic) bond motifs is 1. The van der Waals surface area contributed by atoms with Gasteiger partial charge >= 0.3 is 11.8 Å². The summed E-state index contributed by atoms with van der Waals surface area (Å²) in [6.45, 7) is 6.69.